The Hall–Kier alpha value is -0.880. The molecule has 0 aliphatic carbocycles. The molecule has 4 heteroatoms. The van der Waals surface area contributed by atoms with Crippen LogP contribution in [0, 0.1) is 9.39 Å². The van der Waals surface area contributed by atoms with Gasteiger partial charge in [-0.3, -0.25) is 0 Å². The van der Waals surface area contributed by atoms with Gasteiger partial charge in [0.15, 0.2) is 0 Å². The second kappa shape index (κ2) is 5.64. The van der Waals surface area contributed by atoms with Gasteiger partial charge in [0, 0.05) is 9.13 Å². The van der Waals surface area contributed by atoms with Crippen molar-refractivity contribution in [2.45, 2.75) is 13.5 Å². The zero-order chi connectivity index (χ0) is 12.3. The Bertz CT molecular complexity index is 510. The fourth-order valence-corrected chi connectivity index (χ4v) is 2.30. The van der Waals surface area contributed by atoms with Gasteiger partial charge in [0.1, 0.15) is 17.3 Å². The second-order valence-electron chi connectivity index (χ2n) is 3.67. The summed E-state index contributed by atoms with van der Waals surface area (Å²) in [6, 6.07) is 8.55. The largest absolute Gasteiger partial charge is 0.460 e. The van der Waals surface area contributed by atoms with Gasteiger partial charge in [-0.05, 0) is 59.5 Å². The third-order valence-corrected chi connectivity index (χ3v) is 3.30. The highest BCUT2D eigenvalue weighted by Crippen LogP contribution is 2.27. The summed E-state index contributed by atoms with van der Waals surface area (Å²) in [7, 11) is 0. The zero-order valence-electron chi connectivity index (χ0n) is 9.47. The molecule has 0 bridgehead atoms. The van der Waals surface area contributed by atoms with E-state index in [4.69, 9.17) is 4.42 Å². The lowest BCUT2D eigenvalue weighted by Gasteiger charge is -2.01. The van der Waals surface area contributed by atoms with Crippen molar-refractivity contribution in [3.05, 3.63) is 45.5 Å². The monoisotopic (exact) mass is 345 g/mol. The molecule has 0 amide bonds. The van der Waals surface area contributed by atoms with Gasteiger partial charge in [-0.15, -0.1) is 0 Å². The van der Waals surface area contributed by atoms with Crippen LogP contribution in [0.3, 0.4) is 0 Å². The SMILES string of the molecule is CCNCc1ccc(-c2ccc(F)cc2I)o1. The first-order valence-electron chi connectivity index (χ1n) is 5.45. The minimum Gasteiger partial charge on any atom is -0.460 e. The predicted octanol–water partition coefficient (Wildman–Crippen LogP) is 3.80. The lowest BCUT2D eigenvalue weighted by Crippen LogP contribution is -2.10. The summed E-state index contributed by atoms with van der Waals surface area (Å²) in [5, 5.41) is 3.20. The van der Waals surface area contributed by atoms with E-state index in [2.05, 4.69) is 27.9 Å². The molecule has 2 aromatic rings. The van der Waals surface area contributed by atoms with Crippen molar-refractivity contribution in [1.29, 1.82) is 0 Å². The van der Waals surface area contributed by atoms with Gasteiger partial charge >= 0.3 is 0 Å². The summed E-state index contributed by atoms with van der Waals surface area (Å²) in [5.74, 6) is 1.45. The van der Waals surface area contributed by atoms with Crippen molar-refractivity contribution in [3.63, 3.8) is 0 Å². The van der Waals surface area contributed by atoms with E-state index in [1.165, 1.54) is 12.1 Å². The smallest absolute Gasteiger partial charge is 0.135 e. The summed E-state index contributed by atoms with van der Waals surface area (Å²) >= 11 is 2.11. The molecule has 1 aromatic heterocycles. The number of furan rings is 1. The Morgan fingerprint density at radius 3 is 2.82 bits per heavy atom. The molecule has 17 heavy (non-hydrogen) atoms. The second-order valence-corrected chi connectivity index (χ2v) is 4.83. The highest BCUT2D eigenvalue weighted by atomic mass is 127. The molecule has 2 nitrogen and oxygen atoms in total. The van der Waals surface area contributed by atoms with Crippen LogP contribution in [0.2, 0.25) is 0 Å². The Morgan fingerprint density at radius 2 is 2.12 bits per heavy atom. The summed E-state index contributed by atoms with van der Waals surface area (Å²) in [6.07, 6.45) is 0. The highest BCUT2D eigenvalue weighted by Gasteiger charge is 2.08. The van der Waals surface area contributed by atoms with Crippen molar-refractivity contribution in [2.75, 3.05) is 6.54 Å². The predicted molar refractivity (Wildman–Crippen MR) is 74.2 cm³/mol. The molecule has 0 saturated carbocycles. The van der Waals surface area contributed by atoms with Gasteiger partial charge < -0.3 is 9.73 Å². The number of hydrogen-bond acceptors (Lipinski definition) is 2. The van der Waals surface area contributed by atoms with Crippen LogP contribution in [0.5, 0.6) is 0 Å². The van der Waals surface area contributed by atoms with E-state index in [9.17, 15) is 4.39 Å². The fraction of sp³-hybridized carbons (Fsp3) is 0.231. The van der Waals surface area contributed by atoms with E-state index in [0.717, 1.165) is 27.2 Å². The molecular weight excluding hydrogens is 332 g/mol. The van der Waals surface area contributed by atoms with Gasteiger partial charge in [0.25, 0.3) is 0 Å². The van der Waals surface area contributed by atoms with Crippen LogP contribution in [-0.2, 0) is 6.54 Å². The van der Waals surface area contributed by atoms with Crippen LogP contribution in [0.4, 0.5) is 4.39 Å². The van der Waals surface area contributed by atoms with E-state index in [0.29, 0.717) is 6.54 Å². The lowest BCUT2D eigenvalue weighted by molar-refractivity contribution is 0.498. The zero-order valence-corrected chi connectivity index (χ0v) is 11.6. The molecule has 0 radical (unpaired) electrons. The molecule has 0 atom stereocenters. The van der Waals surface area contributed by atoms with E-state index in [-0.39, 0.29) is 5.82 Å². The van der Waals surface area contributed by atoms with E-state index < -0.39 is 0 Å². The van der Waals surface area contributed by atoms with E-state index >= 15 is 0 Å². The van der Waals surface area contributed by atoms with Gasteiger partial charge in [-0.1, -0.05) is 6.92 Å². The Kier molecular flexibility index (Phi) is 4.17. The van der Waals surface area contributed by atoms with Crippen LogP contribution in [0.25, 0.3) is 11.3 Å². The molecule has 0 aliphatic heterocycles. The maximum absolute atomic E-state index is 13.0. The van der Waals surface area contributed by atoms with Crippen LogP contribution >= 0.6 is 22.6 Å². The van der Waals surface area contributed by atoms with Crippen molar-refractivity contribution >= 4 is 22.6 Å². The quantitative estimate of drug-likeness (QED) is 0.853. The molecule has 0 unspecified atom stereocenters. The number of hydrogen-bond donors (Lipinski definition) is 1. The molecule has 0 spiro atoms. The average molecular weight is 345 g/mol. The van der Waals surface area contributed by atoms with E-state index in [1.54, 1.807) is 6.07 Å². The van der Waals surface area contributed by atoms with Crippen molar-refractivity contribution in [1.82, 2.24) is 5.32 Å². The Morgan fingerprint density at radius 1 is 1.29 bits per heavy atom. The molecule has 0 saturated heterocycles. The lowest BCUT2D eigenvalue weighted by atomic mass is 10.2. The topological polar surface area (TPSA) is 25.2 Å². The molecule has 1 heterocycles. The number of halogens is 2. The van der Waals surface area contributed by atoms with Crippen molar-refractivity contribution < 1.29 is 8.81 Å². The minimum atomic E-state index is -0.224. The molecule has 0 fully saturated rings. The van der Waals surface area contributed by atoms with Crippen LogP contribution in [0.15, 0.2) is 34.7 Å². The minimum absolute atomic E-state index is 0.224. The van der Waals surface area contributed by atoms with Gasteiger partial charge in [0.2, 0.25) is 0 Å². The van der Waals surface area contributed by atoms with Crippen molar-refractivity contribution in [3.8, 4) is 11.3 Å². The first-order valence-corrected chi connectivity index (χ1v) is 6.53. The maximum Gasteiger partial charge on any atom is 0.135 e. The average Bonchev–Trinajstić information content (AvgIpc) is 2.75. The van der Waals surface area contributed by atoms with Gasteiger partial charge in [0.05, 0.1) is 6.54 Å². The molecule has 0 aliphatic rings. The third kappa shape index (κ3) is 3.07. The molecule has 90 valence electrons. The van der Waals surface area contributed by atoms with Crippen LogP contribution in [0.1, 0.15) is 12.7 Å². The van der Waals surface area contributed by atoms with Gasteiger partial charge in [-0.25, -0.2) is 4.39 Å². The molecule has 1 aromatic carbocycles. The summed E-state index contributed by atoms with van der Waals surface area (Å²) in [6.45, 7) is 3.67. The summed E-state index contributed by atoms with van der Waals surface area (Å²) in [5.41, 5.74) is 0.926. The Labute approximate surface area is 113 Å². The van der Waals surface area contributed by atoms with E-state index in [1.807, 2.05) is 19.1 Å². The third-order valence-electron chi connectivity index (χ3n) is 2.41. The molecular formula is C13H13FINO. The first-order chi connectivity index (χ1) is 8.20. The molecule has 2 rings (SSSR count). The van der Waals surface area contributed by atoms with Crippen LogP contribution in [-0.4, -0.2) is 6.54 Å². The number of benzene rings is 1. The van der Waals surface area contributed by atoms with Crippen molar-refractivity contribution in [2.24, 2.45) is 0 Å². The maximum atomic E-state index is 13.0. The summed E-state index contributed by atoms with van der Waals surface area (Å²) < 4.78 is 19.5. The number of nitrogens with one attached hydrogen (secondary N) is 1. The standard InChI is InChI=1S/C13H13FINO/c1-2-16-8-10-4-6-13(17-10)11-5-3-9(14)7-12(11)15/h3-7,16H,2,8H2,1H3. The van der Waals surface area contributed by atoms with Crippen LogP contribution < -0.4 is 5.32 Å². The summed E-state index contributed by atoms with van der Waals surface area (Å²) in [4.78, 5) is 0. The highest BCUT2D eigenvalue weighted by molar-refractivity contribution is 14.1. The van der Waals surface area contributed by atoms with Gasteiger partial charge in [-0.2, -0.15) is 0 Å². The first kappa shape index (κ1) is 12.6. The fourth-order valence-electron chi connectivity index (χ4n) is 1.56. The molecule has 1 N–H and O–H groups in total. The number of rotatable bonds is 4. The normalized spacial score (nSPS) is 10.8. The Balaban J connectivity index is 2.24.